The first kappa shape index (κ1) is 15.4. The van der Waals surface area contributed by atoms with Gasteiger partial charge in [0.2, 0.25) is 0 Å². The van der Waals surface area contributed by atoms with Crippen LogP contribution in [0.2, 0.25) is 0 Å². The Morgan fingerprint density at radius 3 is 2.53 bits per heavy atom. The molecule has 0 atom stereocenters. The number of carbonyl (C=O) groups is 3. The largest absolute Gasteiger partial charge is 0.467 e. The number of ketones is 1. The molecule has 0 unspecified atom stereocenters. The predicted molar refractivity (Wildman–Crippen MR) is 68.4 cm³/mol. The number of Topliss-reactive ketones (excluding diaryl/α,β-unsaturated/α-hetero) is 1. The minimum absolute atomic E-state index is 0.00336. The van der Waals surface area contributed by atoms with Gasteiger partial charge in [0.05, 0.1) is 5.41 Å². The molecule has 2 amide bonds. The minimum Gasteiger partial charge on any atom is -0.467 e. The first-order valence-electron chi connectivity index (χ1n) is 6.35. The first-order chi connectivity index (χ1) is 9.05. The molecule has 7 heteroatoms. The zero-order chi connectivity index (χ0) is 14.3. The Hall–Kier alpha value is -1.63. The predicted octanol–water partition coefficient (Wildman–Crippen LogP) is -0.501. The summed E-state index contributed by atoms with van der Waals surface area (Å²) >= 11 is 0. The summed E-state index contributed by atoms with van der Waals surface area (Å²) in [4.78, 5) is 35.4. The van der Waals surface area contributed by atoms with Gasteiger partial charge >= 0.3 is 6.03 Å². The van der Waals surface area contributed by atoms with E-state index in [1.807, 2.05) is 0 Å². The molecule has 108 valence electrons. The van der Waals surface area contributed by atoms with E-state index < -0.39 is 5.41 Å². The first-order valence-corrected chi connectivity index (χ1v) is 6.35. The molecular weight excluding hydrogens is 250 g/mol. The van der Waals surface area contributed by atoms with Crippen molar-refractivity contribution in [2.24, 2.45) is 11.1 Å². The SMILES string of the molecule is CC(=O)C1(COC=O)CCN(C(=O)NCCN)CC1. The summed E-state index contributed by atoms with van der Waals surface area (Å²) in [6, 6.07) is -0.168. The van der Waals surface area contributed by atoms with Gasteiger partial charge in [-0.1, -0.05) is 0 Å². The number of urea groups is 1. The van der Waals surface area contributed by atoms with E-state index in [2.05, 4.69) is 5.32 Å². The second-order valence-corrected chi connectivity index (χ2v) is 4.75. The molecule has 1 fully saturated rings. The molecule has 0 spiro atoms. The van der Waals surface area contributed by atoms with E-state index in [4.69, 9.17) is 10.5 Å². The third-order valence-electron chi connectivity index (χ3n) is 3.60. The van der Waals surface area contributed by atoms with Crippen molar-refractivity contribution in [3.05, 3.63) is 0 Å². The number of rotatable bonds is 6. The lowest BCUT2D eigenvalue weighted by atomic mass is 9.76. The highest BCUT2D eigenvalue weighted by atomic mass is 16.5. The zero-order valence-electron chi connectivity index (χ0n) is 11.2. The van der Waals surface area contributed by atoms with E-state index in [1.165, 1.54) is 6.92 Å². The van der Waals surface area contributed by atoms with Gasteiger partial charge in [0.15, 0.2) is 0 Å². The van der Waals surface area contributed by atoms with Gasteiger partial charge in [0, 0.05) is 26.2 Å². The van der Waals surface area contributed by atoms with Gasteiger partial charge < -0.3 is 20.7 Å². The van der Waals surface area contributed by atoms with E-state index >= 15 is 0 Å². The molecule has 1 heterocycles. The molecule has 0 aromatic rings. The lowest BCUT2D eigenvalue weighted by molar-refractivity contribution is -0.141. The summed E-state index contributed by atoms with van der Waals surface area (Å²) in [5.74, 6) is -0.00336. The van der Waals surface area contributed by atoms with E-state index in [9.17, 15) is 14.4 Å². The highest BCUT2D eigenvalue weighted by Gasteiger charge is 2.40. The van der Waals surface area contributed by atoms with Crippen molar-refractivity contribution in [3.8, 4) is 0 Å². The van der Waals surface area contributed by atoms with Crippen LogP contribution in [0.1, 0.15) is 19.8 Å². The normalized spacial score (nSPS) is 17.7. The number of nitrogens with one attached hydrogen (secondary N) is 1. The third kappa shape index (κ3) is 3.92. The number of amides is 2. The molecule has 1 saturated heterocycles. The average Bonchev–Trinajstić information content (AvgIpc) is 2.42. The van der Waals surface area contributed by atoms with Crippen molar-refractivity contribution in [3.63, 3.8) is 0 Å². The summed E-state index contributed by atoms with van der Waals surface area (Å²) in [6.07, 6.45) is 1.01. The van der Waals surface area contributed by atoms with E-state index in [-0.39, 0.29) is 18.4 Å². The maximum atomic E-state index is 11.7. The van der Waals surface area contributed by atoms with Crippen LogP contribution in [0.15, 0.2) is 0 Å². The highest BCUT2D eigenvalue weighted by Crippen LogP contribution is 2.32. The Bertz CT molecular complexity index is 338. The molecule has 0 saturated carbocycles. The van der Waals surface area contributed by atoms with Crippen LogP contribution in [-0.4, -0.2) is 56.0 Å². The number of likely N-dealkylation sites (tertiary alicyclic amines) is 1. The van der Waals surface area contributed by atoms with Crippen molar-refractivity contribution in [1.82, 2.24) is 10.2 Å². The molecule has 1 aliphatic rings. The molecule has 3 N–H and O–H groups in total. The Labute approximate surface area is 112 Å². The molecular formula is C12H21N3O4. The van der Waals surface area contributed by atoms with Crippen molar-refractivity contribution in [2.45, 2.75) is 19.8 Å². The monoisotopic (exact) mass is 271 g/mol. The van der Waals surface area contributed by atoms with Gasteiger partial charge in [-0.3, -0.25) is 9.59 Å². The maximum absolute atomic E-state index is 11.7. The minimum atomic E-state index is -0.647. The van der Waals surface area contributed by atoms with Crippen molar-refractivity contribution in [2.75, 3.05) is 32.8 Å². The number of nitrogens with zero attached hydrogens (tertiary/aromatic N) is 1. The van der Waals surface area contributed by atoms with Crippen LogP contribution in [0.25, 0.3) is 0 Å². The Kier molecular flexibility index (Phi) is 5.75. The van der Waals surface area contributed by atoms with Gasteiger partial charge in [-0.05, 0) is 19.8 Å². The number of carbonyl (C=O) groups excluding carboxylic acids is 3. The lowest BCUT2D eigenvalue weighted by Gasteiger charge is -2.39. The fraction of sp³-hybridized carbons (Fsp3) is 0.750. The van der Waals surface area contributed by atoms with Gasteiger partial charge in [-0.25, -0.2) is 4.79 Å². The molecule has 1 aliphatic heterocycles. The fourth-order valence-corrected chi connectivity index (χ4v) is 2.22. The molecule has 0 aromatic carbocycles. The smallest absolute Gasteiger partial charge is 0.317 e. The number of hydrogen-bond acceptors (Lipinski definition) is 5. The summed E-state index contributed by atoms with van der Waals surface area (Å²) in [5.41, 5.74) is 4.67. The van der Waals surface area contributed by atoms with Gasteiger partial charge in [-0.15, -0.1) is 0 Å². The standard InChI is InChI=1S/C12H21N3O4/c1-10(17)12(8-19-9-16)2-6-15(7-3-12)11(18)14-5-4-13/h9H,2-8,13H2,1H3,(H,14,18). The van der Waals surface area contributed by atoms with Gasteiger partial charge in [0.1, 0.15) is 12.4 Å². The Morgan fingerprint density at radius 2 is 2.05 bits per heavy atom. The number of piperidine rings is 1. The molecule has 0 aromatic heterocycles. The summed E-state index contributed by atoms with van der Waals surface area (Å²) in [6.45, 7) is 3.70. The van der Waals surface area contributed by atoms with E-state index in [0.717, 1.165) is 0 Å². The number of hydrogen-bond donors (Lipinski definition) is 2. The summed E-state index contributed by atoms with van der Waals surface area (Å²) in [5, 5.41) is 2.69. The highest BCUT2D eigenvalue weighted by molar-refractivity contribution is 5.83. The topological polar surface area (TPSA) is 102 Å². The van der Waals surface area contributed by atoms with Crippen LogP contribution in [0.3, 0.4) is 0 Å². The molecule has 7 nitrogen and oxygen atoms in total. The lowest BCUT2D eigenvalue weighted by Crippen LogP contribution is -2.51. The quantitative estimate of drug-likeness (QED) is 0.634. The molecule has 0 radical (unpaired) electrons. The van der Waals surface area contributed by atoms with Crippen LogP contribution in [0.4, 0.5) is 4.79 Å². The number of ether oxygens (including phenoxy) is 1. The van der Waals surface area contributed by atoms with Crippen LogP contribution in [0.5, 0.6) is 0 Å². The molecule has 19 heavy (non-hydrogen) atoms. The second kappa shape index (κ2) is 7.08. The second-order valence-electron chi connectivity index (χ2n) is 4.75. The van der Waals surface area contributed by atoms with Crippen LogP contribution in [0, 0.1) is 5.41 Å². The van der Waals surface area contributed by atoms with Crippen LogP contribution < -0.4 is 11.1 Å². The Balaban J connectivity index is 2.55. The number of nitrogens with two attached hydrogens (primary N) is 1. The third-order valence-corrected chi connectivity index (χ3v) is 3.60. The Morgan fingerprint density at radius 1 is 1.42 bits per heavy atom. The maximum Gasteiger partial charge on any atom is 0.317 e. The van der Waals surface area contributed by atoms with E-state index in [1.54, 1.807) is 4.90 Å². The summed E-state index contributed by atoms with van der Waals surface area (Å²) in [7, 11) is 0. The van der Waals surface area contributed by atoms with E-state index in [0.29, 0.717) is 45.5 Å². The fourth-order valence-electron chi connectivity index (χ4n) is 2.22. The van der Waals surface area contributed by atoms with Crippen LogP contribution in [-0.2, 0) is 14.3 Å². The molecule has 0 bridgehead atoms. The summed E-state index contributed by atoms with van der Waals surface area (Å²) < 4.78 is 4.76. The van der Waals surface area contributed by atoms with Crippen LogP contribution >= 0.6 is 0 Å². The van der Waals surface area contributed by atoms with Gasteiger partial charge in [-0.2, -0.15) is 0 Å². The van der Waals surface area contributed by atoms with Gasteiger partial charge in [0.25, 0.3) is 6.47 Å². The zero-order valence-corrected chi connectivity index (χ0v) is 11.2. The molecule has 1 rings (SSSR count). The van der Waals surface area contributed by atoms with Crippen molar-refractivity contribution >= 4 is 18.3 Å². The average molecular weight is 271 g/mol. The molecule has 0 aliphatic carbocycles. The van der Waals surface area contributed by atoms with Crippen molar-refractivity contribution in [1.29, 1.82) is 0 Å². The van der Waals surface area contributed by atoms with Crippen molar-refractivity contribution < 1.29 is 19.1 Å².